The molecule has 0 aliphatic rings. The summed E-state index contributed by atoms with van der Waals surface area (Å²) in [6, 6.07) is 6.78. The molecule has 88 valence electrons. The first-order valence-corrected chi connectivity index (χ1v) is 4.76. The first-order valence-electron chi connectivity index (χ1n) is 4.76. The predicted octanol–water partition coefficient (Wildman–Crippen LogP) is 1.70. The van der Waals surface area contributed by atoms with Crippen LogP contribution >= 0.6 is 0 Å². The van der Waals surface area contributed by atoms with Crippen molar-refractivity contribution in [2.24, 2.45) is 0 Å². The van der Waals surface area contributed by atoms with E-state index in [9.17, 15) is 4.79 Å². The van der Waals surface area contributed by atoms with Gasteiger partial charge in [0.15, 0.2) is 18.1 Å². The summed E-state index contributed by atoms with van der Waals surface area (Å²) in [6.07, 6.45) is 2.48. The third kappa shape index (κ3) is 3.87. The second-order valence-electron chi connectivity index (χ2n) is 3.03. The van der Waals surface area contributed by atoms with Crippen LogP contribution < -0.4 is 9.47 Å². The molecule has 0 atom stereocenters. The Morgan fingerprint density at radius 2 is 2.29 bits per heavy atom. The Labute approximate surface area is 98.5 Å². The summed E-state index contributed by atoms with van der Waals surface area (Å²) in [7, 11) is 1.47. The van der Waals surface area contributed by atoms with Crippen molar-refractivity contribution >= 4 is 12.0 Å². The van der Waals surface area contributed by atoms with E-state index < -0.39 is 5.97 Å². The molecule has 1 aromatic rings. The van der Waals surface area contributed by atoms with Gasteiger partial charge in [-0.15, -0.1) is 0 Å². The molecule has 0 unspecified atom stereocenters. The van der Waals surface area contributed by atoms with E-state index in [0.717, 1.165) is 6.08 Å². The van der Waals surface area contributed by atoms with Crippen LogP contribution in [0.1, 0.15) is 5.56 Å². The third-order valence-electron chi connectivity index (χ3n) is 1.90. The summed E-state index contributed by atoms with van der Waals surface area (Å²) >= 11 is 0. The van der Waals surface area contributed by atoms with Crippen molar-refractivity contribution in [3.05, 3.63) is 29.8 Å². The van der Waals surface area contributed by atoms with Crippen molar-refractivity contribution in [3.8, 4) is 17.6 Å². The summed E-state index contributed by atoms with van der Waals surface area (Å²) in [5, 5.41) is 16.9. The molecule has 0 saturated carbocycles. The molecule has 0 aliphatic carbocycles. The Balaban J connectivity index is 2.92. The van der Waals surface area contributed by atoms with Crippen molar-refractivity contribution in [2.45, 2.75) is 0 Å². The van der Waals surface area contributed by atoms with Crippen molar-refractivity contribution in [3.63, 3.8) is 0 Å². The first kappa shape index (κ1) is 12.6. The molecule has 0 saturated heterocycles. The van der Waals surface area contributed by atoms with Crippen LogP contribution in [0.5, 0.6) is 11.5 Å². The van der Waals surface area contributed by atoms with E-state index in [-0.39, 0.29) is 6.61 Å². The molecule has 1 N–H and O–H groups in total. The molecule has 17 heavy (non-hydrogen) atoms. The predicted molar refractivity (Wildman–Crippen MR) is 60.8 cm³/mol. The fraction of sp³-hybridized carbons (Fsp3) is 0.167. The fourth-order valence-electron chi connectivity index (χ4n) is 1.18. The zero-order valence-corrected chi connectivity index (χ0v) is 9.21. The molecule has 1 aromatic carbocycles. The van der Waals surface area contributed by atoms with E-state index in [1.807, 2.05) is 6.07 Å². The molecule has 0 radical (unpaired) electrons. The van der Waals surface area contributed by atoms with Gasteiger partial charge < -0.3 is 14.6 Å². The van der Waals surface area contributed by atoms with E-state index in [0.29, 0.717) is 17.1 Å². The zero-order valence-electron chi connectivity index (χ0n) is 9.21. The van der Waals surface area contributed by atoms with Gasteiger partial charge in [-0.2, -0.15) is 5.26 Å². The lowest BCUT2D eigenvalue weighted by Crippen LogP contribution is -1.96. The van der Waals surface area contributed by atoms with Gasteiger partial charge in [0.05, 0.1) is 7.11 Å². The number of methoxy groups -OCH3 is 1. The number of hydrogen-bond acceptors (Lipinski definition) is 4. The van der Waals surface area contributed by atoms with E-state index >= 15 is 0 Å². The maximum Gasteiger partial charge on any atom is 0.328 e. The van der Waals surface area contributed by atoms with E-state index in [4.69, 9.17) is 19.8 Å². The molecule has 0 aliphatic heterocycles. The molecule has 0 heterocycles. The smallest absolute Gasteiger partial charge is 0.328 e. The third-order valence-corrected chi connectivity index (χ3v) is 1.90. The van der Waals surface area contributed by atoms with Crippen molar-refractivity contribution in [2.75, 3.05) is 13.7 Å². The summed E-state index contributed by atoms with van der Waals surface area (Å²) in [6.45, 7) is -0.0688. The summed E-state index contributed by atoms with van der Waals surface area (Å²) in [5.74, 6) is -0.122. The van der Waals surface area contributed by atoms with E-state index in [1.165, 1.54) is 13.2 Å². The van der Waals surface area contributed by atoms with E-state index in [1.54, 1.807) is 18.2 Å². The molecule has 1 rings (SSSR count). The highest BCUT2D eigenvalue weighted by Gasteiger charge is 2.04. The van der Waals surface area contributed by atoms with Crippen LogP contribution in [0.3, 0.4) is 0 Å². The van der Waals surface area contributed by atoms with Crippen LogP contribution in [0, 0.1) is 11.3 Å². The minimum atomic E-state index is -1.02. The lowest BCUT2D eigenvalue weighted by atomic mass is 10.2. The number of nitriles is 1. The Morgan fingerprint density at radius 1 is 1.53 bits per heavy atom. The Hall–Kier alpha value is -2.48. The van der Waals surface area contributed by atoms with Crippen molar-refractivity contribution < 1.29 is 19.4 Å². The topological polar surface area (TPSA) is 79.6 Å². The number of nitrogens with zero attached hydrogens (tertiary/aromatic N) is 1. The average molecular weight is 233 g/mol. The van der Waals surface area contributed by atoms with Crippen LogP contribution in [0.2, 0.25) is 0 Å². The number of carboxylic acids is 1. The molecule has 0 spiro atoms. The zero-order chi connectivity index (χ0) is 12.7. The Morgan fingerprint density at radius 3 is 2.88 bits per heavy atom. The molecular weight excluding hydrogens is 222 g/mol. The average Bonchev–Trinajstić information content (AvgIpc) is 2.34. The van der Waals surface area contributed by atoms with Crippen molar-refractivity contribution in [1.82, 2.24) is 0 Å². The van der Waals surface area contributed by atoms with Gasteiger partial charge >= 0.3 is 5.97 Å². The maximum atomic E-state index is 10.4. The summed E-state index contributed by atoms with van der Waals surface area (Å²) in [4.78, 5) is 10.4. The fourth-order valence-corrected chi connectivity index (χ4v) is 1.18. The highest BCUT2D eigenvalue weighted by molar-refractivity contribution is 5.85. The highest BCUT2D eigenvalue weighted by Crippen LogP contribution is 2.28. The SMILES string of the molecule is COc1cc(/C=C\C(=O)O)ccc1OCC#N. The number of carboxylic acid groups (broad SMARTS) is 1. The normalized spacial score (nSPS) is 9.88. The summed E-state index contributed by atoms with van der Waals surface area (Å²) in [5.41, 5.74) is 0.675. The molecule has 0 amide bonds. The number of carbonyl (C=O) groups is 1. The van der Waals surface area contributed by atoms with Crippen molar-refractivity contribution in [1.29, 1.82) is 5.26 Å². The second-order valence-corrected chi connectivity index (χ2v) is 3.03. The number of ether oxygens (including phenoxy) is 2. The molecular formula is C12H11NO4. The monoisotopic (exact) mass is 233 g/mol. The number of hydrogen-bond donors (Lipinski definition) is 1. The van der Waals surface area contributed by atoms with Crippen LogP contribution in [0.15, 0.2) is 24.3 Å². The molecule has 0 bridgehead atoms. The van der Waals surface area contributed by atoms with Gasteiger partial charge in [0, 0.05) is 6.08 Å². The van der Waals surface area contributed by atoms with Crippen LogP contribution in [0.4, 0.5) is 0 Å². The number of rotatable bonds is 5. The lowest BCUT2D eigenvalue weighted by molar-refractivity contribution is -0.131. The van der Waals surface area contributed by atoms with Gasteiger partial charge in [-0.1, -0.05) is 6.07 Å². The quantitative estimate of drug-likeness (QED) is 0.783. The second kappa shape index (κ2) is 6.18. The molecule has 5 heteroatoms. The number of benzene rings is 1. The molecule has 0 fully saturated rings. The van der Waals surface area contributed by atoms with Gasteiger partial charge in [-0.25, -0.2) is 4.79 Å². The van der Waals surface area contributed by atoms with Gasteiger partial charge in [-0.3, -0.25) is 0 Å². The Bertz CT molecular complexity index is 474. The molecule has 5 nitrogen and oxygen atoms in total. The van der Waals surface area contributed by atoms with Gasteiger partial charge in [0.25, 0.3) is 0 Å². The highest BCUT2D eigenvalue weighted by atomic mass is 16.5. The molecule has 0 aromatic heterocycles. The van der Waals surface area contributed by atoms with Crippen LogP contribution in [-0.4, -0.2) is 24.8 Å². The minimum absolute atomic E-state index is 0.0688. The maximum absolute atomic E-state index is 10.4. The Kier molecular flexibility index (Phi) is 4.58. The van der Waals surface area contributed by atoms with Crippen LogP contribution in [0.25, 0.3) is 6.08 Å². The van der Waals surface area contributed by atoms with E-state index in [2.05, 4.69) is 0 Å². The van der Waals surface area contributed by atoms with Crippen LogP contribution in [-0.2, 0) is 4.79 Å². The first-order chi connectivity index (χ1) is 8.17. The summed E-state index contributed by atoms with van der Waals surface area (Å²) < 4.78 is 10.2. The van der Waals surface area contributed by atoms with Gasteiger partial charge in [-0.05, 0) is 23.8 Å². The number of aliphatic carboxylic acids is 1. The minimum Gasteiger partial charge on any atom is -0.493 e. The van der Waals surface area contributed by atoms with Gasteiger partial charge in [0.2, 0.25) is 0 Å². The van der Waals surface area contributed by atoms with Gasteiger partial charge in [0.1, 0.15) is 6.07 Å². The lowest BCUT2D eigenvalue weighted by Gasteiger charge is -2.08. The standard InChI is InChI=1S/C12H11NO4/c1-16-11-8-9(3-5-12(14)15)2-4-10(11)17-7-6-13/h2-5,8H,7H2,1H3,(H,14,15)/b5-3-. The largest absolute Gasteiger partial charge is 0.493 e.